The van der Waals surface area contributed by atoms with Crippen LogP contribution < -0.4 is 0 Å². The first-order valence-electron chi connectivity index (χ1n) is 5.47. The van der Waals surface area contributed by atoms with Crippen LogP contribution in [0.2, 0.25) is 0 Å². The SMILES string of the molecule is CCOC(=O)C(C)C(C)C(CC)P(=O)(O)O. The maximum Gasteiger partial charge on any atom is 0.328 e. The van der Waals surface area contributed by atoms with E-state index in [1.54, 1.807) is 27.7 Å². The number of rotatable bonds is 6. The molecule has 2 N–H and O–H groups in total. The highest BCUT2D eigenvalue weighted by atomic mass is 31.2. The van der Waals surface area contributed by atoms with E-state index in [-0.39, 0.29) is 6.61 Å². The highest BCUT2D eigenvalue weighted by Gasteiger charge is 2.37. The Kier molecular flexibility index (Phi) is 6.23. The van der Waals surface area contributed by atoms with Gasteiger partial charge in [0.15, 0.2) is 0 Å². The van der Waals surface area contributed by atoms with Gasteiger partial charge in [-0.15, -0.1) is 0 Å². The van der Waals surface area contributed by atoms with Crippen LogP contribution in [0, 0.1) is 11.8 Å². The minimum absolute atomic E-state index is 0.280. The van der Waals surface area contributed by atoms with E-state index < -0.39 is 31.1 Å². The van der Waals surface area contributed by atoms with Crippen LogP contribution in [0.25, 0.3) is 0 Å². The summed E-state index contributed by atoms with van der Waals surface area (Å²) in [5.41, 5.74) is -0.785. The number of hydrogen-bond acceptors (Lipinski definition) is 3. The van der Waals surface area contributed by atoms with Gasteiger partial charge in [0.1, 0.15) is 0 Å². The Labute approximate surface area is 96.4 Å². The summed E-state index contributed by atoms with van der Waals surface area (Å²) in [5.74, 6) is -1.30. The van der Waals surface area contributed by atoms with Crippen molar-refractivity contribution < 1.29 is 23.9 Å². The molecule has 5 nitrogen and oxygen atoms in total. The predicted octanol–water partition coefficient (Wildman–Crippen LogP) is 1.78. The second kappa shape index (κ2) is 6.38. The van der Waals surface area contributed by atoms with E-state index in [0.29, 0.717) is 6.42 Å². The minimum Gasteiger partial charge on any atom is -0.466 e. The van der Waals surface area contributed by atoms with E-state index in [1.165, 1.54) is 0 Å². The van der Waals surface area contributed by atoms with E-state index in [0.717, 1.165) is 0 Å². The molecule has 0 aromatic carbocycles. The van der Waals surface area contributed by atoms with Crippen molar-refractivity contribution in [1.82, 2.24) is 0 Å². The molecule has 96 valence electrons. The third-order valence-electron chi connectivity index (χ3n) is 2.90. The van der Waals surface area contributed by atoms with Crippen molar-refractivity contribution >= 4 is 13.6 Å². The normalized spacial score (nSPS) is 17.6. The zero-order valence-electron chi connectivity index (χ0n) is 10.2. The maximum absolute atomic E-state index is 11.5. The van der Waals surface area contributed by atoms with Crippen molar-refractivity contribution in [3.05, 3.63) is 0 Å². The summed E-state index contributed by atoms with van der Waals surface area (Å²) in [4.78, 5) is 29.8. The number of hydrogen-bond donors (Lipinski definition) is 2. The van der Waals surface area contributed by atoms with Crippen LogP contribution in [0.3, 0.4) is 0 Å². The van der Waals surface area contributed by atoms with Gasteiger partial charge in [0, 0.05) is 0 Å². The summed E-state index contributed by atoms with van der Waals surface area (Å²) in [5, 5.41) is 0. The Morgan fingerprint density at radius 1 is 1.31 bits per heavy atom. The van der Waals surface area contributed by atoms with Crippen LogP contribution in [0.5, 0.6) is 0 Å². The molecule has 0 bridgehead atoms. The second-order valence-corrected chi connectivity index (χ2v) is 5.81. The quantitative estimate of drug-likeness (QED) is 0.556. The lowest BCUT2D eigenvalue weighted by Crippen LogP contribution is -2.30. The fourth-order valence-corrected chi connectivity index (χ4v) is 3.08. The maximum atomic E-state index is 11.5. The molecule has 0 saturated carbocycles. The molecule has 0 aliphatic carbocycles. The molecule has 0 amide bonds. The van der Waals surface area contributed by atoms with Gasteiger partial charge < -0.3 is 14.5 Å². The van der Waals surface area contributed by atoms with Gasteiger partial charge in [0.25, 0.3) is 0 Å². The van der Waals surface area contributed by atoms with E-state index >= 15 is 0 Å². The van der Waals surface area contributed by atoms with Gasteiger partial charge in [0.2, 0.25) is 0 Å². The Balaban J connectivity index is 4.69. The summed E-state index contributed by atoms with van der Waals surface area (Å²) in [7, 11) is -4.15. The summed E-state index contributed by atoms with van der Waals surface area (Å²) >= 11 is 0. The van der Waals surface area contributed by atoms with Crippen molar-refractivity contribution in [2.24, 2.45) is 11.8 Å². The van der Waals surface area contributed by atoms with Crippen molar-refractivity contribution in [2.75, 3.05) is 6.61 Å². The molecule has 0 aromatic rings. The lowest BCUT2D eigenvalue weighted by atomic mass is 9.91. The first kappa shape index (κ1) is 15.6. The molecule has 0 rings (SSSR count). The molecular weight excluding hydrogens is 231 g/mol. The zero-order chi connectivity index (χ0) is 12.9. The molecule has 0 aromatic heterocycles. The van der Waals surface area contributed by atoms with Crippen LogP contribution in [0.1, 0.15) is 34.1 Å². The second-order valence-electron chi connectivity index (χ2n) is 3.96. The summed E-state index contributed by atoms with van der Waals surface area (Å²) in [6.45, 7) is 7.01. The molecule has 6 heteroatoms. The lowest BCUT2D eigenvalue weighted by Gasteiger charge is -2.27. The molecule has 0 heterocycles. The Morgan fingerprint density at radius 3 is 2.12 bits per heavy atom. The van der Waals surface area contributed by atoms with Crippen molar-refractivity contribution in [1.29, 1.82) is 0 Å². The van der Waals surface area contributed by atoms with Gasteiger partial charge in [-0.1, -0.05) is 20.8 Å². The summed E-state index contributed by atoms with van der Waals surface area (Å²) in [6.07, 6.45) is 0.342. The Hall–Kier alpha value is -0.380. The summed E-state index contributed by atoms with van der Waals surface area (Å²) in [6, 6.07) is 0. The third-order valence-corrected chi connectivity index (χ3v) is 4.60. The van der Waals surface area contributed by atoms with Gasteiger partial charge in [0.05, 0.1) is 18.2 Å². The average Bonchev–Trinajstić information content (AvgIpc) is 2.15. The predicted molar refractivity (Wildman–Crippen MR) is 61.1 cm³/mol. The monoisotopic (exact) mass is 252 g/mol. The fourth-order valence-electron chi connectivity index (χ4n) is 1.74. The number of esters is 1. The topological polar surface area (TPSA) is 83.8 Å². The molecule has 0 saturated heterocycles. The highest BCUT2D eigenvalue weighted by molar-refractivity contribution is 7.52. The van der Waals surface area contributed by atoms with Crippen LogP contribution in [0.15, 0.2) is 0 Å². The molecule has 3 unspecified atom stereocenters. The molecule has 0 aliphatic rings. The van der Waals surface area contributed by atoms with Crippen LogP contribution in [-0.4, -0.2) is 28.0 Å². The molecular formula is C10H21O5P. The number of ether oxygens (including phenoxy) is 1. The van der Waals surface area contributed by atoms with Crippen LogP contribution in [-0.2, 0) is 14.1 Å². The fraction of sp³-hybridized carbons (Fsp3) is 0.900. The largest absolute Gasteiger partial charge is 0.466 e. The first-order valence-corrected chi connectivity index (χ1v) is 7.15. The van der Waals surface area contributed by atoms with Crippen molar-refractivity contribution in [2.45, 2.75) is 39.8 Å². The van der Waals surface area contributed by atoms with Gasteiger partial charge in [-0.25, -0.2) is 0 Å². The van der Waals surface area contributed by atoms with Gasteiger partial charge in [-0.3, -0.25) is 9.36 Å². The number of carbonyl (C=O) groups is 1. The van der Waals surface area contributed by atoms with Crippen molar-refractivity contribution in [3.63, 3.8) is 0 Å². The number of carbonyl (C=O) groups excluding carboxylic acids is 1. The standard InChI is InChI=1S/C10H21O5P/c1-5-9(16(12,13)14)7(3)8(4)10(11)15-6-2/h7-9H,5-6H2,1-4H3,(H2,12,13,14). The van der Waals surface area contributed by atoms with Gasteiger partial charge in [-0.05, 0) is 19.3 Å². The summed E-state index contributed by atoms with van der Waals surface area (Å²) < 4.78 is 16.1. The highest BCUT2D eigenvalue weighted by Crippen LogP contribution is 2.48. The van der Waals surface area contributed by atoms with Crippen LogP contribution >= 0.6 is 7.60 Å². The zero-order valence-corrected chi connectivity index (χ0v) is 11.1. The molecule has 0 radical (unpaired) electrons. The smallest absolute Gasteiger partial charge is 0.328 e. The minimum atomic E-state index is -4.15. The first-order chi connectivity index (χ1) is 7.25. The van der Waals surface area contributed by atoms with E-state index in [9.17, 15) is 9.36 Å². The molecule has 16 heavy (non-hydrogen) atoms. The van der Waals surface area contributed by atoms with Crippen LogP contribution in [0.4, 0.5) is 0 Å². The average molecular weight is 252 g/mol. The van der Waals surface area contributed by atoms with E-state index in [4.69, 9.17) is 14.5 Å². The molecule has 0 aliphatic heterocycles. The van der Waals surface area contributed by atoms with E-state index in [2.05, 4.69) is 0 Å². The van der Waals surface area contributed by atoms with Gasteiger partial charge >= 0.3 is 13.6 Å². The molecule has 0 spiro atoms. The molecule has 3 atom stereocenters. The van der Waals surface area contributed by atoms with Crippen molar-refractivity contribution in [3.8, 4) is 0 Å². The van der Waals surface area contributed by atoms with Gasteiger partial charge in [-0.2, -0.15) is 0 Å². The third kappa shape index (κ3) is 4.24. The Bertz CT molecular complexity index is 272. The molecule has 0 fully saturated rings. The van der Waals surface area contributed by atoms with E-state index in [1.807, 2.05) is 0 Å². The lowest BCUT2D eigenvalue weighted by molar-refractivity contribution is -0.149. The Morgan fingerprint density at radius 2 is 1.81 bits per heavy atom.